The number of esters is 1. The minimum atomic E-state index is -3.46. The van der Waals surface area contributed by atoms with Gasteiger partial charge < -0.3 is 21.1 Å². The molecule has 31 heavy (non-hydrogen) atoms. The standard InChI is InChI=1S/C15H21F3N2O2.C5H6N2OS/c1-2-20(13-5-3-12(19)4-6-13)9-10-22-14(21)7-8-15(17,18)11-16;1-3-4(2-8)9-5(6)7-3/h3-6H,2,7-11,19H2,1H3;2H,1H3,(H2,6,7). The molecular weight excluding hydrogens is 433 g/mol. The predicted octanol–water partition coefficient (Wildman–Crippen LogP) is 3.87. The number of nitrogens with zero attached hydrogens (tertiary/aromatic N) is 2. The zero-order valence-electron chi connectivity index (χ0n) is 17.4. The van der Waals surface area contributed by atoms with E-state index < -0.39 is 31.4 Å². The number of ether oxygens (including phenoxy) is 1. The number of nitrogens with two attached hydrogens (primary N) is 2. The fraction of sp³-hybridized carbons (Fsp3) is 0.450. The van der Waals surface area contributed by atoms with Gasteiger partial charge in [-0.05, 0) is 38.1 Å². The first-order valence-corrected chi connectivity index (χ1v) is 10.3. The number of halogens is 3. The molecule has 0 saturated carbocycles. The van der Waals surface area contributed by atoms with Gasteiger partial charge in [0.25, 0.3) is 5.92 Å². The number of nitrogen functional groups attached to an aromatic ring is 2. The summed E-state index contributed by atoms with van der Waals surface area (Å²) >= 11 is 1.21. The highest BCUT2D eigenvalue weighted by Crippen LogP contribution is 2.21. The first-order chi connectivity index (χ1) is 14.6. The second-order valence-corrected chi connectivity index (χ2v) is 7.56. The Labute approximate surface area is 183 Å². The third-order valence-corrected chi connectivity index (χ3v) is 5.02. The van der Waals surface area contributed by atoms with Gasteiger partial charge in [0.05, 0.1) is 23.5 Å². The second-order valence-electron chi connectivity index (χ2n) is 6.50. The van der Waals surface area contributed by atoms with Crippen LogP contribution in [0.4, 0.5) is 29.7 Å². The van der Waals surface area contributed by atoms with Crippen molar-refractivity contribution >= 4 is 40.1 Å². The van der Waals surface area contributed by atoms with E-state index >= 15 is 0 Å². The molecule has 0 atom stereocenters. The maximum absolute atomic E-state index is 12.7. The van der Waals surface area contributed by atoms with Crippen molar-refractivity contribution in [2.45, 2.75) is 32.6 Å². The molecule has 0 unspecified atom stereocenters. The largest absolute Gasteiger partial charge is 0.464 e. The molecule has 1 aromatic heterocycles. The molecule has 0 fully saturated rings. The van der Waals surface area contributed by atoms with Crippen LogP contribution in [-0.2, 0) is 9.53 Å². The molecule has 0 aliphatic carbocycles. The minimum Gasteiger partial charge on any atom is -0.464 e. The second kappa shape index (κ2) is 12.8. The van der Waals surface area contributed by atoms with Crippen molar-refractivity contribution in [3.63, 3.8) is 0 Å². The molecule has 0 bridgehead atoms. The van der Waals surface area contributed by atoms with Gasteiger partial charge in [0.2, 0.25) is 0 Å². The molecule has 0 aliphatic heterocycles. The Hall–Kier alpha value is -2.82. The summed E-state index contributed by atoms with van der Waals surface area (Å²) in [6, 6.07) is 7.23. The lowest BCUT2D eigenvalue weighted by Gasteiger charge is -2.23. The molecule has 0 amide bonds. The fourth-order valence-corrected chi connectivity index (χ4v) is 3.04. The first kappa shape index (κ1) is 26.2. The van der Waals surface area contributed by atoms with E-state index in [1.807, 2.05) is 24.0 Å². The van der Waals surface area contributed by atoms with Crippen molar-refractivity contribution < 1.29 is 27.5 Å². The van der Waals surface area contributed by atoms with Crippen LogP contribution in [0.1, 0.15) is 35.1 Å². The number of anilines is 3. The number of aldehydes is 1. The molecule has 0 saturated heterocycles. The summed E-state index contributed by atoms with van der Waals surface area (Å²) in [6.07, 6.45) is -0.563. The van der Waals surface area contributed by atoms with E-state index in [1.165, 1.54) is 11.3 Å². The summed E-state index contributed by atoms with van der Waals surface area (Å²) in [5.41, 5.74) is 13.2. The maximum atomic E-state index is 12.7. The number of hydrogen-bond donors (Lipinski definition) is 2. The van der Waals surface area contributed by atoms with Gasteiger partial charge in [0, 0.05) is 24.3 Å². The van der Waals surface area contributed by atoms with E-state index in [2.05, 4.69) is 4.98 Å². The Morgan fingerprint density at radius 3 is 2.39 bits per heavy atom. The molecule has 0 aliphatic rings. The van der Waals surface area contributed by atoms with Gasteiger partial charge in [0.1, 0.15) is 6.61 Å². The van der Waals surface area contributed by atoms with Gasteiger partial charge in [-0.25, -0.2) is 18.2 Å². The van der Waals surface area contributed by atoms with Crippen LogP contribution in [0.5, 0.6) is 0 Å². The molecule has 1 heterocycles. The Morgan fingerprint density at radius 2 is 1.94 bits per heavy atom. The smallest absolute Gasteiger partial charge is 0.306 e. The van der Waals surface area contributed by atoms with Crippen molar-refractivity contribution in [1.82, 2.24) is 4.98 Å². The van der Waals surface area contributed by atoms with E-state index in [-0.39, 0.29) is 6.61 Å². The lowest BCUT2D eigenvalue weighted by molar-refractivity contribution is -0.145. The lowest BCUT2D eigenvalue weighted by Crippen LogP contribution is -2.28. The van der Waals surface area contributed by atoms with E-state index in [9.17, 15) is 22.8 Å². The predicted molar refractivity (Wildman–Crippen MR) is 117 cm³/mol. The first-order valence-electron chi connectivity index (χ1n) is 9.49. The Kier molecular flexibility index (Phi) is 10.8. The molecule has 2 aromatic rings. The molecule has 0 radical (unpaired) electrons. The molecule has 7 nitrogen and oxygen atoms in total. The molecule has 2 rings (SSSR count). The quantitative estimate of drug-likeness (QED) is 0.314. The summed E-state index contributed by atoms with van der Waals surface area (Å²) in [7, 11) is 0. The van der Waals surface area contributed by atoms with Crippen LogP contribution in [0.15, 0.2) is 24.3 Å². The number of benzene rings is 1. The summed E-state index contributed by atoms with van der Waals surface area (Å²) in [5, 5.41) is 0.453. The van der Waals surface area contributed by atoms with Gasteiger partial charge in [-0.2, -0.15) is 0 Å². The molecular formula is C20H27F3N4O3S. The maximum Gasteiger partial charge on any atom is 0.306 e. The van der Waals surface area contributed by atoms with Gasteiger partial charge >= 0.3 is 5.97 Å². The number of alkyl halides is 3. The highest BCUT2D eigenvalue weighted by atomic mass is 32.1. The monoisotopic (exact) mass is 460 g/mol. The lowest BCUT2D eigenvalue weighted by atomic mass is 10.2. The Balaban J connectivity index is 0.000000442. The topological polar surface area (TPSA) is 112 Å². The number of likely N-dealkylation sites (N-methyl/N-ethyl adjacent to an activating group) is 1. The van der Waals surface area contributed by atoms with Crippen LogP contribution in [0.3, 0.4) is 0 Å². The third kappa shape index (κ3) is 9.69. The van der Waals surface area contributed by atoms with Crippen molar-refractivity contribution in [3.05, 3.63) is 34.8 Å². The number of thiazole rings is 1. The third-order valence-electron chi connectivity index (χ3n) is 4.11. The van der Waals surface area contributed by atoms with Gasteiger partial charge in [0.15, 0.2) is 18.1 Å². The number of hydrogen-bond acceptors (Lipinski definition) is 8. The number of carbonyl (C=O) groups excluding carboxylic acids is 2. The molecule has 1 aromatic carbocycles. The molecule has 172 valence electrons. The average Bonchev–Trinajstić information content (AvgIpc) is 3.08. The number of carbonyl (C=O) groups is 2. The number of aryl methyl sites for hydroxylation is 1. The van der Waals surface area contributed by atoms with Crippen LogP contribution >= 0.6 is 11.3 Å². The zero-order valence-corrected chi connectivity index (χ0v) is 18.3. The van der Waals surface area contributed by atoms with E-state index in [4.69, 9.17) is 16.2 Å². The van der Waals surface area contributed by atoms with E-state index in [0.717, 1.165) is 12.0 Å². The summed E-state index contributed by atoms with van der Waals surface area (Å²) in [5.74, 6) is -4.21. The minimum absolute atomic E-state index is 0.0816. The van der Waals surface area contributed by atoms with E-state index in [1.54, 1.807) is 19.1 Å². The summed E-state index contributed by atoms with van der Waals surface area (Å²) in [6.45, 7) is 3.16. The van der Waals surface area contributed by atoms with Gasteiger partial charge in [-0.15, -0.1) is 0 Å². The Morgan fingerprint density at radius 1 is 1.29 bits per heavy atom. The van der Waals surface area contributed by atoms with Crippen molar-refractivity contribution in [1.29, 1.82) is 0 Å². The molecule has 11 heteroatoms. The number of aromatic nitrogens is 1. The molecule has 0 spiro atoms. The average molecular weight is 461 g/mol. The summed E-state index contributed by atoms with van der Waals surface area (Å²) in [4.78, 5) is 27.9. The van der Waals surface area contributed by atoms with Gasteiger partial charge in [-0.3, -0.25) is 9.59 Å². The molecule has 4 N–H and O–H groups in total. The van der Waals surface area contributed by atoms with Crippen LogP contribution in [-0.4, -0.2) is 49.5 Å². The fourth-order valence-electron chi connectivity index (χ4n) is 2.39. The zero-order chi connectivity index (χ0) is 23.4. The van der Waals surface area contributed by atoms with Crippen LogP contribution < -0.4 is 16.4 Å². The van der Waals surface area contributed by atoms with Crippen molar-refractivity contribution in [2.75, 3.05) is 42.7 Å². The normalized spacial score (nSPS) is 10.7. The highest BCUT2D eigenvalue weighted by molar-refractivity contribution is 7.17. The van der Waals surface area contributed by atoms with Crippen LogP contribution in [0, 0.1) is 6.92 Å². The SMILES string of the molecule is CCN(CCOC(=O)CCC(F)(F)CF)c1ccc(N)cc1.Cc1nc(N)sc1C=O. The van der Waals surface area contributed by atoms with Crippen molar-refractivity contribution in [2.24, 2.45) is 0 Å². The highest BCUT2D eigenvalue weighted by Gasteiger charge is 2.29. The number of rotatable bonds is 10. The van der Waals surface area contributed by atoms with Crippen LogP contribution in [0.25, 0.3) is 0 Å². The van der Waals surface area contributed by atoms with Crippen LogP contribution in [0.2, 0.25) is 0 Å². The summed E-state index contributed by atoms with van der Waals surface area (Å²) < 4.78 is 42.2. The Bertz CT molecular complexity index is 832. The van der Waals surface area contributed by atoms with E-state index in [0.29, 0.717) is 34.5 Å². The van der Waals surface area contributed by atoms with Crippen molar-refractivity contribution in [3.8, 4) is 0 Å². The van der Waals surface area contributed by atoms with Gasteiger partial charge in [-0.1, -0.05) is 11.3 Å².